The highest BCUT2D eigenvalue weighted by Gasteiger charge is 2.48. The number of fused-ring (bicyclic) bond motifs is 1. The quantitative estimate of drug-likeness (QED) is 0.385. The molecule has 0 spiro atoms. The molecule has 1 aliphatic carbocycles. The number of carbonyl (C=O) groups excluding carboxylic acids is 1. The summed E-state index contributed by atoms with van der Waals surface area (Å²) < 4.78 is 0. The Kier molecular flexibility index (Phi) is 9.42. The van der Waals surface area contributed by atoms with Crippen LogP contribution < -0.4 is 0 Å². The number of amides is 1. The molecule has 0 unspecified atom stereocenters. The predicted molar refractivity (Wildman–Crippen MR) is 149 cm³/mol. The molecule has 5 nitrogen and oxygen atoms in total. The van der Waals surface area contributed by atoms with Gasteiger partial charge in [-0.05, 0) is 66.3 Å². The highest BCUT2D eigenvalue weighted by Crippen LogP contribution is 2.46. The zero-order chi connectivity index (χ0) is 26.4. The number of unbranched alkanes of at least 4 members (excludes halogenated alkanes) is 2. The first-order valence-electron chi connectivity index (χ1n) is 14.4. The normalized spacial score (nSPS) is 21.2. The van der Waals surface area contributed by atoms with Gasteiger partial charge in [0.05, 0.1) is 12.5 Å². The summed E-state index contributed by atoms with van der Waals surface area (Å²) in [7, 11) is 0. The van der Waals surface area contributed by atoms with E-state index in [0.717, 1.165) is 69.2 Å². The summed E-state index contributed by atoms with van der Waals surface area (Å²) in [4.78, 5) is 30.6. The molecule has 2 aromatic carbocycles. The van der Waals surface area contributed by atoms with Crippen LogP contribution in [0.2, 0.25) is 0 Å². The number of carboxylic acids is 1. The molecule has 0 saturated carbocycles. The molecule has 1 aliphatic heterocycles. The van der Waals surface area contributed by atoms with Gasteiger partial charge in [-0.25, -0.2) is 0 Å². The van der Waals surface area contributed by atoms with Crippen LogP contribution in [0.4, 0.5) is 0 Å². The molecule has 3 atom stereocenters. The Hall–Kier alpha value is -2.66. The summed E-state index contributed by atoms with van der Waals surface area (Å²) in [6.45, 7) is 8.82. The van der Waals surface area contributed by atoms with Crippen LogP contribution in [0.1, 0.15) is 92.7 Å². The number of hydrogen-bond donors (Lipinski definition) is 1. The van der Waals surface area contributed by atoms with Gasteiger partial charge in [0.2, 0.25) is 5.91 Å². The SMILES string of the molecule is CCCCN(CCCC)C(=O)CN1C[C@H](c2ccc3c(c2)CCC3)[C@H](C(=O)O)[C@H]1c1ccc(CC)cc1. The molecule has 2 aromatic rings. The molecule has 200 valence electrons. The second kappa shape index (κ2) is 12.7. The van der Waals surface area contributed by atoms with Gasteiger partial charge in [0.15, 0.2) is 0 Å². The second-order valence-electron chi connectivity index (χ2n) is 10.9. The molecule has 4 rings (SSSR count). The molecule has 37 heavy (non-hydrogen) atoms. The van der Waals surface area contributed by atoms with Crippen LogP contribution in [0.5, 0.6) is 0 Å². The lowest BCUT2D eigenvalue weighted by molar-refractivity contribution is -0.144. The van der Waals surface area contributed by atoms with Gasteiger partial charge in [-0.1, -0.05) is 76.1 Å². The van der Waals surface area contributed by atoms with Gasteiger partial charge in [-0.3, -0.25) is 14.5 Å². The molecule has 0 radical (unpaired) electrons. The Labute approximate surface area is 222 Å². The van der Waals surface area contributed by atoms with Crippen molar-refractivity contribution in [2.45, 2.75) is 84.1 Å². The van der Waals surface area contributed by atoms with E-state index >= 15 is 0 Å². The summed E-state index contributed by atoms with van der Waals surface area (Å²) in [6.07, 6.45) is 8.38. The minimum Gasteiger partial charge on any atom is -0.481 e. The minimum absolute atomic E-state index is 0.121. The van der Waals surface area contributed by atoms with E-state index in [-0.39, 0.29) is 24.4 Å². The number of likely N-dealkylation sites (tertiary alicyclic amines) is 1. The Balaban J connectivity index is 1.67. The Bertz CT molecular complexity index is 1060. The summed E-state index contributed by atoms with van der Waals surface area (Å²) in [5, 5.41) is 10.5. The van der Waals surface area contributed by atoms with Gasteiger partial charge in [0.1, 0.15) is 0 Å². The number of nitrogens with zero attached hydrogens (tertiary/aromatic N) is 2. The van der Waals surface area contributed by atoms with E-state index in [0.29, 0.717) is 6.54 Å². The fourth-order valence-electron chi connectivity index (χ4n) is 6.23. The number of benzene rings is 2. The third-order valence-electron chi connectivity index (χ3n) is 8.42. The largest absolute Gasteiger partial charge is 0.481 e. The number of carbonyl (C=O) groups is 2. The number of aliphatic carboxylic acids is 1. The molecule has 1 amide bonds. The van der Waals surface area contributed by atoms with Gasteiger partial charge in [-0.15, -0.1) is 0 Å². The maximum atomic E-state index is 13.6. The van der Waals surface area contributed by atoms with E-state index < -0.39 is 11.9 Å². The van der Waals surface area contributed by atoms with Crippen molar-refractivity contribution in [1.29, 1.82) is 0 Å². The van der Waals surface area contributed by atoms with Gasteiger partial charge in [0.25, 0.3) is 0 Å². The molecule has 1 saturated heterocycles. The van der Waals surface area contributed by atoms with Crippen molar-refractivity contribution in [2.75, 3.05) is 26.2 Å². The van der Waals surface area contributed by atoms with Crippen molar-refractivity contribution >= 4 is 11.9 Å². The van der Waals surface area contributed by atoms with Crippen molar-refractivity contribution in [3.8, 4) is 0 Å². The summed E-state index contributed by atoms with van der Waals surface area (Å²) in [5.41, 5.74) is 6.10. The highest BCUT2D eigenvalue weighted by atomic mass is 16.4. The van der Waals surface area contributed by atoms with Crippen molar-refractivity contribution in [3.05, 3.63) is 70.3 Å². The lowest BCUT2D eigenvalue weighted by atomic mass is 9.82. The fourth-order valence-corrected chi connectivity index (χ4v) is 6.23. The average molecular weight is 505 g/mol. The first-order valence-corrected chi connectivity index (χ1v) is 14.4. The third kappa shape index (κ3) is 6.26. The highest BCUT2D eigenvalue weighted by molar-refractivity contribution is 5.79. The maximum Gasteiger partial charge on any atom is 0.309 e. The molecule has 1 heterocycles. The number of carboxylic acid groups (broad SMARTS) is 1. The molecule has 0 bridgehead atoms. The number of rotatable bonds is 12. The number of aryl methyl sites for hydroxylation is 3. The van der Waals surface area contributed by atoms with E-state index in [1.807, 2.05) is 4.90 Å². The smallest absolute Gasteiger partial charge is 0.309 e. The average Bonchev–Trinajstić information content (AvgIpc) is 3.53. The molecular weight excluding hydrogens is 460 g/mol. The lowest BCUT2D eigenvalue weighted by Crippen LogP contribution is -2.42. The third-order valence-corrected chi connectivity index (χ3v) is 8.42. The van der Waals surface area contributed by atoms with Crippen molar-refractivity contribution in [2.24, 2.45) is 5.92 Å². The fraction of sp³-hybridized carbons (Fsp3) is 0.562. The van der Waals surface area contributed by atoms with E-state index in [1.54, 1.807) is 0 Å². The molecule has 5 heteroatoms. The van der Waals surface area contributed by atoms with E-state index in [9.17, 15) is 14.7 Å². The van der Waals surface area contributed by atoms with Crippen molar-refractivity contribution in [3.63, 3.8) is 0 Å². The predicted octanol–water partition coefficient (Wildman–Crippen LogP) is 6.01. The second-order valence-corrected chi connectivity index (χ2v) is 10.9. The summed E-state index contributed by atoms with van der Waals surface area (Å²) in [6, 6.07) is 14.6. The Morgan fingerprint density at radius 3 is 2.19 bits per heavy atom. The Morgan fingerprint density at radius 1 is 0.919 bits per heavy atom. The molecule has 1 fully saturated rings. The standard InChI is InChI=1S/C32H44N2O3/c1-4-7-18-33(19-8-5-2)29(35)22-34-21-28(27-17-16-24-10-9-11-26(24)20-27)30(32(36)37)31(34)25-14-12-23(6-3)13-15-25/h12-17,20,28,30-31H,4-11,18-19,21-22H2,1-3H3,(H,36,37)/t28-,30+,31-/m1/s1. The monoisotopic (exact) mass is 504 g/mol. The van der Waals surface area contributed by atoms with Gasteiger partial charge >= 0.3 is 5.97 Å². The number of hydrogen-bond acceptors (Lipinski definition) is 3. The molecule has 0 aromatic heterocycles. The van der Waals surface area contributed by atoms with E-state index in [4.69, 9.17) is 0 Å². The Morgan fingerprint density at radius 2 is 1.57 bits per heavy atom. The minimum atomic E-state index is -0.779. The van der Waals surface area contributed by atoms with E-state index in [1.165, 1.54) is 23.1 Å². The summed E-state index contributed by atoms with van der Waals surface area (Å²) >= 11 is 0. The molecule has 2 aliphatic rings. The van der Waals surface area contributed by atoms with Crippen LogP contribution in [-0.2, 0) is 28.9 Å². The first-order chi connectivity index (χ1) is 18.0. The topological polar surface area (TPSA) is 60.9 Å². The van der Waals surface area contributed by atoms with E-state index in [2.05, 4.69) is 68.1 Å². The van der Waals surface area contributed by atoms with Crippen LogP contribution in [0, 0.1) is 5.92 Å². The van der Waals surface area contributed by atoms with Gasteiger partial charge in [0, 0.05) is 31.6 Å². The lowest BCUT2D eigenvalue weighted by Gasteiger charge is -2.30. The first kappa shape index (κ1) is 27.4. The van der Waals surface area contributed by atoms with Crippen LogP contribution >= 0.6 is 0 Å². The van der Waals surface area contributed by atoms with Crippen LogP contribution in [-0.4, -0.2) is 53.0 Å². The summed E-state index contributed by atoms with van der Waals surface area (Å²) in [5.74, 6) is -1.40. The molecular formula is C32H44N2O3. The van der Waals surface area contributed by atoms with Gasteiger partial charge < -0.3 is 10.0 Å². The molecule has 1 N–H and O–H groups in total. The van der Waals surface area contributed by atoms with Gasteiger partial charge in [-0.2, -0.15) is 0 Å². The van der Waals surface area contributed by atoms with Crippen LogP contribution in [0.15, 0.2) is 42.5 Å². The zero-order valence-electron chi connectivity index (χ0n) is 22.9. The maximum absolute atomic E-state index is 13.6. The van der Waals surface area contributed by atoms with Crippen molar-refractivity contribution < 1.29 is 14.7 Å². The van der Waals surface area contributed by atoms with Crippen LogP contribution in [0.3, 0.4) is 0 Å². The van der Waals surface area contributed by atoms with Crippen LogP contribution in [0.25, 0.3) is 0 Å². The van der Waals surface area contributed by atoms with Crippen molar-refractivity contribution in [1.82, 2.24) is 9.80 Å². The zero-order valence-corrected chi connectivity index (χ0v) is 22.9.